The van der Waals surface area contributed by atoms with E-state index < -0.39 is 45.4 Å². The first-order chi connectivity index (χ1) is 17.6. The number of amides is 3. The molecule has 196 valence electrons. The minimum atomic E-state index is -4.06. The fourth-order valence-corrected chi connectivity index (χ4v) is 6.64. The van der Waals surface area contributed by atoms with E-state index in [0.29, 0.717) is 11.3 Å². The highest BCUT2D eigenvalue weighted by Gasteiger charge is 2.41. The summed E-state index contributed by atoms with van der Waals surface area (Å²) in [5.41, 5.74) is 1.12. The van der Waals surface area contributed by atoms with E-state index in [1.165, 1.54) is 28.4 Å². The second-order valence-corrected chi connectivity index (χ2v) is 10.9. The quantitative estimate of drug-likeness (QED) is 0.574. The summed E-state index contributed by atoms with van der Waals surface area (Å²) < 4.78 is 61.1. The Kier molecular flexibility index (Phi) is 6.36. The molecule has 2 aromatic rings. The highest BCUT2D eigenvalue weighted by Crippen LogP contribution is 2.36. The van der Waals surface area contributed by atoms with Crippen molar-refractivity contribution in [3.8, 4) is 5.75 Å². The van der Waals surface area contributed by atoms with Crippen molar-refractivity contribution in [2.24, 2.45) is 0 Å². The first-order valence-corrected chi connectivity index (χ1v) is 13.1. The maximum Gasteiger partial charge on any atom is 0.255 e. The fraction of sp³-hybridized carbons (Fsp3) is 0.375. The fourth-order valence-electron chi connectivity index (χ4n) is 5.05. The summed E-state index contributed by atoms with van der Waals surface area (Å²) >= 11 is 0. The number of piperidine rings is 1. The van der Waals surface area contributed by atoms with Crippen LogP contribution in [0.5, 0.6) is 5.75 Å². The topological polar surface area (TPSA) is 116 Å². The minimum Gasteiger partial charge on any atom is -0.495 e. The average Bonchev–Trinajstić information content (AvgIpc) is 3.19. The zero-order valence-corrected chi connectivity index (χ0v) is 20.7. The van der Waals surface area contributed by atoms with Gasteiger partial charge in [0.15, 0.2) is 0 Å². The van der Waals surface area contributed by atoms with Crippen LogP contribution in [-0.4, -0.2) is 74.7 Å². The summed E-state index contributed by atoms with van der Waals surface area (Å²) in [6.45, 7) is 0.532. The van der Waals surface area contributed by atoms with Gasteiger partial charge in [-0.2, -0.15) is 4.31 Å². The number of hydrogen-bond donors (Lipinski definition) is 1. The molecule has 1 N–H and O–H groups in total. The monoisotopic (exact) mass is 534 g/mol. The van der Waals surface area contributed by atoms with Crippen LogP contribution in [0.1, 0.15) is 28.8 Å². The van der Waals surface area contributed by atoms with Gasteiger partial charge in [-0.25, -0.2) is 17.2 Å². The summed E-state index contributed by atoms with van der Waals surface area (Å²) in [5.74, 6) is -2.78. The Morgan fingerprint density at radius 2 is 1.73 bits per heavy atom. The molecule has 3 amide bonds. The molecule has 3 aliphatic rings. The second-order valence-electron chi connectivity index (χ2n) is 9.04. The number of fused-ring (bicyclic) bond motifs is 1. The lowest BCUT2D eigenvalue weighted by Gasteiger charge is -2.36. The van der Waals surface area contributed by atoms with Crippen LogP contribution in [0.15, 0.2) is 35.2 Å². The Morgan fingerprint density at radius 3 is 2.41 bits per heavy atom. The predicted octanol–water partition coefficient (Wildman–Crippen LogP) is 1.25. The number of piperazine rings is 1. The van der Waals surface area contributed by atoms with Crippen LogP contribution in [0.2, 0.25) is 0 Å². The highest BCUT2D eigenvalue weighted by molar-refractivity contribution is 7.89. The molecule has 3 aliphatic heterocycles. The lowest BCUT2D eigenvalue weighted by atomic mass is 10.0. The molecule has 10 nitrogen and oxygen atoms in total. The molecule has 13 heteroatoms. The number of anilines is 1. The highest BCUT2D eigenvalue weighted by atomic mass is 32.2. The van der Waals surface area contributed by atoms with Gasteiger partial charge in [0.05, 0.1) is 7.11 Å². The molecule has 37 heavy (non-hydrogen) atoms. The van der Waals surface area contributed by atoms with E-state index in [1.54, 1.807) is 4.90 Å². The van der Waals surface area contributed by atoms with E-state index in [0.717, 1.165) is 18.2 Å². The van der Waals surface area contributed by atoms with Crippen LogP contribution >= 0.6 is 0 Å². The standard InChI is InChI=1S/C24H24F2N4O6S/c1-36-20-4-2-14(25)12-21(20)37(34,35)29-8-6-28(7-9-29)19-11-15(26)10-16-17(19)13-30(24(16)33)18-3-5-22(31)27-23(18)32/h2,4,10-12,18H,3,5-9,13H2,1H3,(H,27,31,32). The number of nitrogens with one attached hydrogen (secondary N) is 1. The van der Waals surface area contributed by atoms with Gasteiger partial charge in [-0.1, -0.05) is 0 Å². The van der Waals surface area contributed by atoms with E-state index in [9.17, 15) is 31.6 Å². The molecule has 0 aromatic heterocycles. The minimum absolute atomic E-state index is 0.0267. The number of carbonyl (C=O) groups is 3. The van der Waals surface area contributed by atoms with E-state index in [4.69, 9.17) is 4.74 Å². The maximum absolute atomic E-state index is 14.6. The Labute approximate surface area is 211 Å². The van der Waals surface area contributed by atoms with Gasteiger partial charge in [0, 0.05) is 56.0 Å². The number of sulfonamides is 1. The third-order valence-electron chi connectivity index (χ3n) is 6.92. The van der Waals surface area contributed by atoms with Gasteiger partial charge >= 0.3 is 0 Å². The maximum atomic E-state index is 14.6. The summed E-state index contributed by atoms with van der Waals surface area (Å²) in [6.07, 6.45) is 0.284. The van der Waals surface area contributed by atoms with Crippen molar-refractivity contribution in [2.75, 3.05) is 38.2 Å². The normalized spacial score (nSPS) is 20.7. The molecule has 2 saturated heterocycles. The van der Waals surface area contributed by atoms with E-state index in [1.807, 2.05) is 0 Å². The van der Waals surface area contributed by atoms with Gasteiger partial charge < -0.3 is 14.5 Å². The number of methoxy groups -OCH3 is 1. The number of rotatable bonds is 5. The smallest absolute Gasteiger partial charge is 0.255 e. The largest absolute Gasteiger partial charge is 0.495 e. The lowest BCUT2D eigenvalue weighted by molar-refractivity contribution is -0.136. The van der Waals surface area contributed by atoms with Crippen molar-refractivity contribution < 1.29 is 36.3 Å². The number of halogens is 2. The molecule has 5 rings (SSSR count). The number of hydrogen-bond acceptors (Lipinski definition) is 7. The zero-order chi connectivity index (χ0) is 26.5. The Hall–Kier alpha value is -3.58. The lowest BCUT2D eigenvalue weighted by Crippen LogP contribution is -2.52. The number of imide groups is 1. The molecule has 2 aromatic carbocycles. The first-order valence-electron chi connectivity index (χ1n) is 11.7. The molecule has 0 bridgehead atoms. The van der Waals surface area contributed by atoms with Crippen LogP contribution in [0, 0.1) is 11.6 Å². The zero-order valence-electron chi connectivity index (χ0n) is 19.9. The van der Waals surface area contributed by atoms with Gasteiger partial charge in [0.1, 0.15) is 28.3 Å². The van der Waals surface area contributed by atoms with Crippen LogP contribution < -0.4 is 15.0 Å². The Balaban J connectivity index is 1.37. The first kappa shape index (κ1) is 25.1. The molecule has 0 aliphatic carbocycles. The van der Waals surface area contributed by atoms with Gasteiger partial charge in [-0.3, -0.25) is 19.7 Å². The number of ether oxygens (including phenoxy) is 1. The SMILES string of the molecule is COc1ccc(F)cc1S(=O)(=O)N1CCN(c2cc(F)cc3c2CN(C2CCC(=O)NC2=O)C3=O)CC1. The molecule has 1 unspecified atom stereocenters. The van der Waals surface area contributed by atoms with Crippen molar-refractivity contribution in [2.45, 2.75) is 30.3 Å². The summed E-state index contributed by atoms with van der Waals surface area (Å²) in [4.78, 5) is 39.8. The van der Waals surface area contributed by atoms with E-state index >= 15 is 0 Å². The van der Waals surface area contributed by atoms with Crippen LogP contribution in [-0.2, 0) is 26.2 Å². The molecule has 1 atom stereocenters. The summed E-state index contributed by atoms with van der Waals surface area (Å²) in [7, 11) is -2.76. The van der Waals surface area contributed by atoms with Gasteiger partial charge in [0.25, 0.3) is 5.91 Å². The molecular formula is C24H24F2N4O6S. The van der Waals surface area contributed by atoms with Crippen LogP contribution in [0.4, 0.5) is 14.5 Å². The van der Waals surface area contributed by atoms with Gasteiger partial charge in [-0.05, 0) is 36.8 Å². The molecule has 0 spiro atoms. The summed E-state index contributed by atoms with van der Waals surface area (Å²) in [5, 5.41) is 2.24. The van der Waals surface area contributed by atoms with Crippen LogP contribution in [0.25, 0.3) is 0 Å². The second kappa shape index (κ2) is 9.38. The average molecular weight is 535 g/mol. The van der Waals surface area contributed by atoms with Crippen LogP contribution in [0.3, 0.4) is 0 Å². The number of benzene rings is 2. The summed E-state index contributed by atoms with van der Waals surface area (Å²) in [6, 6.07) is 4.86. The van der Waals surface area contributed by atoms with Crippen molar-refractivity contribution >= 4 is 33.4 Å². The van der Waals surface area contributed by atoms with Gasteiger partial charge in [0.2, 0.25) is 21.8 Å². The number of nitrogens with zero attached hydrogens (tertiary/aromatic N) is 3. The van der Waals surface area contributed by atoms with Crippen molar-refractivity contribution in [1.29, 1.82) is 0 Å². The number of carbonyl (C=O) groups excluding carboxylic acids is 3. The molecule has 3 heterocycles. The van der Waals surface area contributed by atoms with Crippen molar-refractivity contribution in [1.82, 2.24) is 14.5 Å². The van der Waals surface area contributed by atoms with Gasteiger partial charge in [-0.15, -0.1) is 0 Å². The third-order valence-corrected chi connectivity index (χ3v) is 8.84. The third kappa shape index (κ3) is 4.42. The van der Waals surface area contributed by atoms with Crippen molar-refractivity contribution in [3.63, 3.8) is 0 Å². The Bertz CT molecular complexity index is 1410. The molecular weight excluding hydrogens is 510 g/mol. The molecule has 2 fully saturated rings. The Morgan fingerprint density at radius 1 is 1.00 bits per heavy atom. The predicted molar refractivity (Wildman–Crippen MR) is 126 cm³/mol. The van der Waals surface area contributed by atoms with E-state index in [-0.39, 0.29) is 61.8 Å². The van der Waals surface area contributed by atoms with E-state index in [2.05, 4.69) is 5.32 Å². The molecule has 0 saturated carbocycles. The molecule has 0 radical (unpaired) electrons. The van der Waals surface area contributed by atoms with Crippen molar-refractivity contribution in [3.05, 3.63) is 53.1 Å².